The zero-order chi connectivity index (χ0) is 15.5. The molecular weight excluding hydrogens is 333 g/mol. The van der Waals surface area contributed by atoms with Gasteiger partial charge >= 0.3 is 0 Å². The van der Waals surface area contributed by atoms with Gasteiger partial charge in [-0.3, -0.25) is 4.57 Å². The van der Waals surface area contributed by atoms with Crippen molar-refractivity contribution in [2.75, 3.05) is 12.3 Å². The third kappa shape index (κ3) is 2.14. The van der Waals surface area contributed by atoms with Crippen molar-refractivity contribution in [3.05, 3.63) is 12.7 Å². The monoisotopic (exact) mass is 344 g/mol. The van der Waals surface area contributed by atoms with Crippen LogP contribution in [0.5, 0.6) is 0 Å². The molecule has 4 heterocycles. The zero-order valence-corrected chi connectivity index (χ0v) is 12.7. The van der Waals surface area contributed by atoms with E-state index in [0.29, 0.717) is 11.2 Å². The molecule has 0 saturated carbocycles. The van der Waals surface area contributed by atoms with Crippen LogP contribution < -0.4 is 10.6 Å². The number of hydrogen-bond acceptors (Lipinski definition) is 10. The number of fused-ring (bicyclic) bond motifs is 2. The molecule has 0 aliphatic carbocycles. The van der Waals surface area contributed by atoms with Crippen molar-refractivity contribution < 1.29 is 23.8 Å². The molecule has 12 heteroatoms. The van der Waals surface area contributed by atoms with Crippen LogP contribution in [-0.2, 0) is 25.6 Å². The van der Waals surface area contributed by atoms with Crippen LogP contribution in [-0.4, -0.2) is 49.5 Å². The minimum Gasteiger partial charge on any atom is -0.780 e. The Morgan fingerprint density at radius 2 is 2.27 bits per heavy atom. The Kier molecular flexibility index (Phi) is 3.20. The van der Waals surface area contributed by atoms with Gasteiger partial charge in [-0.25, -0.2) is 15.0 Å². The first-order valence-corrected chi connectivity index (χ1v) is 8.92. The average Bonchev–Trinajstić information content (AvgIpc) is 3.01. The van der Waals surface area contributed by atoms with Crippen LogP contribution in [0.2, 0.25) is 0 Å². The predicted octanol–water partition coefficient (Wildman–Crippen LogP) is -1.33. The summed E-state index contributed by atoms with van der Waals surface area (Å²) in [6.45, 7) is -3.59. The second-order valence-corrected chi connectivity index (χ2v) is 7.66. The Labute approximate surface area is 129 Å². The molecule has 0 bridgehead atoms. The van der Waals surface area contributed by atoms with Crippen molar-refractivity contribution >= 4 is 35.5 Å². The van der Waals surface area contributed by atoms with Crippen LogP contribution in [0.4, 0.5) is 5.82 Å². The molecule has 2 aliphatic rings. The highest BCUT2D eigenvalue weighted by atomic mass is 32.5. The fourth-order valence-corrected chi connectivity index (χ4v) is 4.04. The maximum Gasteiger partial charge on any atom is 0.167 e. The molecule has 118 valence electrons. The molecule has 2 aromatic heterocycles. The van der Waals surface area contributed by atoms with Gasteiger partial charge in [0, 0.05) is 0 Å². The molecule has 2 saturated heterocycles. The van der Waals surface area contributed by atoms with E-state index in [-0.39, 0.29) is 12.4 Å². The van der Waals surface area contributed by atoms with Crippen LogP contribution >= 0.6 is 6.72 Å². The standard InChI is InChI=1S/C10H12N5O5PS/c11-8-5-9(13-2-12-8)15(3-14-5)10-6(16)7-4(19-10)1-18-21(17,22)20-7/h2-4,6-7,10,16H,1H2,(H,17,22)(H2,11,12,13)/p-1/t4-,6-,7-,10-,21?/m1/s1. The van der Waals surface area contributed by atoms with Crippen LogP contribution in [0, 0.1) is 0 Å². The van der Waals surface area contributed by atoms with Gasteiger partial charge in [0.25, 0.3) is 0 Å². The van der Waals surface area contributed by atoms with E-state index in [2.05, 4.69) is 15.0 Å². The van der Waals surface area contributed by atoms with Crippen molar-refractivity contribution in [1.29, 1.82) is 0 Å². The molecule has 3 N–H and O–H groups in total. The van der Waals surface area contributed by atoms with E-state index in [0.717, 1.165) is 0 Å². The second-order valence-electron chi connectivity index (χ2n) is 4.95. The summed E-state index contributed by atoms with van der Waals surface area (Å²) < 4.78 is 17.3. The van der Waals surface area contributed by atoms with Gasteiger partial charge < -0.3 is 29.5 Å². The molecule has 0 spiro atoms. The zero-order valence-electron chi connectivity index (χ0n) is 11.0. The van der Waals surface area contributed by atoms with Gasteiger partial charge in [-0.2, -0.15) is 0 Å². The number of aliphatic hydroxyl groups excluding tert-OH is 1. The third-order valence-corrected chi connectivity index (χ3v) is 5.16. The normalized spacial score (nSPS) is 38.3. The van der Waals surface area contributed by atoms with E-state index in [1.165, 1.54) is 17.2 Å². The minimum atomic E-state index is -3.58. The first-order valence-electron chi connectivity index (χ1n) is 6.37. The highest BCUT2D eigenvalue weighted by molar-refractivity contribution is 8.06. The third-order valence-electron chi connectivity index (χ3n) is 3.62. The van der Waals surface area contributed by atoms with Gasteiger partial charge in [-0.1, -0.05) is 11.8 Å². The molecular formula is C10H11N5O5PS-. The summed E-state index contributed by atoms with van der Waals surface area (Å²) >= 11 is 4.69. The Bertz CT molecular complexity index is 786. The molecule has 4 rings (SSSR count). The summed E-state index contributed by atoms with van der Waals surface area (Å²) in [4.78, 5) is 23.8. The molecule has 5 atom stereocenters. The summed E-state index contributed by atoms with van der Waals surface area (Å²) in [5.41, 5.74) is 6.55. The highest BCUT2D eigenvalue weighted by Gasteiger charge is 2.49. The second kappa shape index (κ2) is 4.90. The lowest BCUT2D eigenvalue weighted by molar-refractivity contribution is -0.227. The number of rotatable bonds is 1. The number of aromatic nitrogens is 4. The smallest absolute Gasteiger partial charge is 0.167 e. The Morgan fingerprint density at radius 1 is 1.45 bits per heavy atom. The maximum atomic E-state index is 11.7. The Balaban J connectivity index is 1.71. The molecule has 0 radical (unpaired) electrons. The maximum absolute atomic E-state index is 11.7. The summed E-state index contributed by atoms with van der Waals surface area (Å²) in [5, 5.41) is 10.4. The van der Waals surface area contributed by atoms with Gasteiger partial charge in [0.1, 0.15) is 36.9 Å². The number of aliphatic hydroxyl groups is 1. The molecule has 2 aromatic rings. The Morgan fingerprint density at radius 3 is 3.09 bits per heavy atom. The lowest BCUT2D eigenvalue weighted by Gasteiger charge is -2.38. The van der Waals surface area contributed by atoms with E-state index in [1.807, 2.05) is 0 Å². The van der Waals surface area contributed by atoms with E-state index >= 15 is 0 Å². The molecule has 2 aliphatic heterocycles. The molecule has 22 heavy (non-hydrogen) atoms. The fourth-order valence-electron chi connectivity index (χ4n) is 2.61. The Hall–Kier alpha value is -1.20. The van der Waals surface area contributed by atoms with Crippen molar-refractivity contribution in [3.8, 4) is 0 Å². The van der Waals surface area contributed by atoms with Crippen LogP contribution in [0.1, 0.15) is 6.23 Å². The number of hydrogen-bond donors (Lipinski definition) is 2. The molecule has 0 aromatic carbocycles. The van der Waals surface area contributed by atoms with E-state index in [4.69, 9.17) is 31.3 Å². The highest BCUT2D eigenvalue weighted by Crippen LogP contribution is 2.49. The number of nitrogen functional groups attached to an aromatic ring is 1. The van der Waals surface area contributed by atoms with Crippen LogP contribution in [0.15, 0.2) is 12.7 Å². The lowest BCUT2D eigenvalue weighted by Crippen LogP contribution is -2.40. The minimum absolute atomic E-state index is 0.0112. The van der Waals surface area contributed by atoms with Crippen molar-refractivity contribution in [3.63, 3.8) is 0 Å². The van der Waals surface area contributed by atoms with Crippen molar-refractivity contribution in [2.24, 2.45) is 0 Å². The predicted molar refractivity (Wildman–Crippen MR) is 74.8 cm³/mol. The summed E-state index contributed by atoms with van der Waals surface area (Å²) in [7, 11) is 0. The fraction of sp³-hybridized carbons (Fsp3) is 0.500. The average molecular weight is 344 g/mol. The van der Waals surface area contributed by atoms with Gasteiger partial charge in [0.15, 0.2) is 17.7 Å². The lowest BCUT2D eigenvalue weighted by atomic mass is 10.1. The summed E-state index contributed by atoms with van der Waals surface area (Å²) in [6, 6.07) is 0. The topological polar surface area (TPSA) is 141 Å². The molecule has 2 fully saturated rings. The van der Waals surface area contributed by atoms with Crippen molar-refractivity contribution in [1.82, 2.24) is 19.5 Å². The van der Waals surface area contributed by atoms with Crippen LogP contribution in [0.3, 0.4) is 0 Å². The molecule has 1 unspecified atom stereocenters. The first-order chi connectivity index (χ1) is 10.5. The number of imidazole rings is 1. The number of nitrogens with zero attached hydrogens (tertiary/aromatic N) is 4. The van der Waals surface area contributed by atoms with Gasteiger partial charge in [-0.15, -0.1) is 0 Å². The van der Waals surface area contributed by atoms with Gasteiger partial charge in [0.2, 0.25) is 0 Å². The number of ether oxygens (including phenoxy) is 1. The summed E-state index contributed by atoms with van der Waals surface area (Å²) in [6.07, 6.45) is -0.610. The first kappa shape index (κ1) is 14.4. The molecule has 0 amide bonds. The quantitative estimate of drug-likeness (QED) is 0.597. The molecule has 10 nitrogen and oxygen atoms in total. The van der Waals surface area contributed by atoms with E-state index in [9.17, 15) is 10.00 Å². The van der Waals surface area contributed by atoms with E-state index < -0.39 is 31.3 Å². The largest absolute Gasteiger partial charge is 0.780 e. The van der Waals surface area contributed by atoms with Crippen LogP contribution in [0.25, 0.3) is 11.2 Å². The van der Waals surface area contributed by atoms with E-state index in [1.54, 1.807) is 0 Å². The van der Waals surface area contributed by atoms with Gasteiger partial charge in [-0.05, 0) is 0 Å². The number of nitrogens with two attached hydrogens (primary N) is 1. The summed E-state index contributed by atoms with van der Waals surface area (Å²) in [5.74, 6) is 0.225. The SMILES string of the molecule is Nc1ncnc2c1ncn2[C@@H]1O[C@@H]2COP([O-])(=S)O[C@H]2[C@H]1O. The van der Waals surface area contributed by atoms with Crippen molar-refractivity contribution in [2.45, 2.75) is 24.5 Å². The van der Waals surface area contributed by atoms with Gasteiger partial charge in [0.05, 0.1) is 12.9 Å². The number of anilines is 1.